The van der Waals surface area contributed by atoms with E-state index >= 15 is 0 Å². The molecule has 1 saturated heterocycles. The summed E-state index contributed by atoms with van der Waals surface area (Å²) in [6, 6.07) is 4.71. The molecule has 0 saturated carbocycles. The molecular formula is C22H25F3N2O3S2. The van der Waals surface area contributed by atoms with Crippen LogP contribution < -0.4 is 5.32 Å². The molecule has 2 aliphatic heterocycles. The maximum absolute atomic E-state index is 13.2. The van der Waals surface area contributed by atoms with Crippen molar-refractivity contribution in [2.75, 3.05) is 30.7 Å². The third kappa shape index (κ3) is 5.31. The minimum absolute atomic E-state index is 0.119. The number of fused-ring (bicyclic) bond motifs is 1. The Morgan fingerprint density at radius 1 is 1.34 bits per heavy atom. The van der Waals surface area contributed by atoms with Crippen LogP contribution in [0.4, 0.5) is 18.2 Å². The van der Waals surface area contributed by atoms with Gasteiger partial charge >= 0.3 is 6.18 Å². The lowest BCUT2D eigenvalue weighted by Gasteiger charge is -2.29. The lowest BCUT2D eigenvalue weighted by atomic mass is 9.96. The van der Waals surface area contributed by atoms with Gasteiger partial charge in [-0.15, -0.1) is 11.3 Å². The van der Waals surface area contributed by atoms with Gasteiger partial charge in [-0.2, -0.15) is 24.9 Å². The molecule has 174 valence electrons. The van der Waals surface area contributed by atoms with Crippen molar-refractivity contribution in [2.45, 2.75) is 43.4 Å². The monoisotopic (exact) mass is 486 g/mol. The van der Waals surface area contributed by atoms with Crippen LogP contribution in [0.2, 0.25) is 0 Å². The van der Waals surface area contributed by atoms with E-state index < -0.39 is 23.9 Å². The first-order valence-electron chi connectivity index (χ1n) is 10.5. The number of amides is 1. The first kappa shape index (κ1) is 23.6. The standard InChI is InChI=1S/C22H25F3N2O3S2/c23-22(24,25)14-4-1-3-13(9-14)20(30)19-16-6-8-31-12-17(16)32-21(19)26-18(29)11-27-7-2-5-15(28)10-27/h1,3-4,9,15,20,28,30H,2,5-8,10-12H2,(H,26,29). The van der Waals surface area contributed by atoms with Gasteiger partial charge in [0.05, 0.1) is 18.2 Å². The Bertz CT molecular complexity index is 980. The van der Waals surface area contributed by atoms with Gasteiger partial charge in [0.1, 0.15) is 11.1 Å². The number of alkyl halides is 3. The van der Waals surface area contributed by atoms with Gasteiger partial charge in [-0.05, 0) is 54.8 Å². The molecule has 32 heavy (non-hydrogen) atoms. The van der Waals surface area contributed by atoms with Crippen LogP contribution in [-0.4, -0.2) is 52.5 Å². The summed E-state index contributed by atoms with van der Waals surface area (Å²) in [5.41, 5.74) is 0.746. The van der Waals surface area contributed by atoms with Gasteiger partial charge in [-0.3, -0.25) is 9.69 Å². The molecule has 0 aliphatic carbocycles. The van der Waals surface area contributed by atoms with Crippen LogP contribution in [0.5, 0.6) is 0 Å². The molecule has 0 radical (unpaired) electrons. The van der Waals surface area contributed by atoms with Crippen molar-refractivity contribution < 1.29 is 28.2 Å². The molecule has 1 aromatic heterocycles. The fraction of sp³-hybridized carbons (Fsp3) is 0.500. The van der Waals surface area contributed by atoms with Crippen molar-refractivity contribution >= 4 is 34.0 Å². The van der Waals surface area contributed by atoms with Crippen LogP contribution in [0.3, 0.4) is 0 Å². The molecule has 1 amide bonds. The average molecular weight is 487 g/mol. The summed E-state index contributed by atoms with van der Waals surface area (Å²) >= 11 is 3.13. The van der Waals surface area contributed by atoms with Gasteiger partial charge < -0.3 is 15.5 Å². The normalized spacial score (nSPS) is 20.6. The molecule has 1 aromatic carbocycles. The maximum atomic E-state index is 13.2. The highest BCUT2D eigenvalue weighted by Crippen LogP contribution is 2.44. The van der Waals surface area contributed by atoms with Gasteiger partial charge in [-0.25, -0.2) is 0 Å². The van der Waals surface area contributed by atoms with Gasteiger partial charge in [0.25, 0.3) is 0 Å². The third-order valence-electron chi connectivity index (χ3n) is 5.77. The largest absolute Gasteiger partial charge is 0.416 e. The van der Waals surface area contributed by atoms with Crippen molar-refractivity contribution in [1.29, 1.82) is 0 Å². The Hall–Kier alpha value is -1.59. The van der Waals surface area contributed by atoms with E-state index in [1.165, 1.54) is 23.5 Å². The lowest BCUT2D eigenvalue weighted by Crippen LogP contribution is -2.42. The molecule has 2 unspecified atom stereocenters. The Labute approximate surface area is 192 Å². The number of thioether (sulfide) groups is 1. The number of nitrogens with zero attached hydrogens (tertiary/aromatic N) is 1. The predicted octanol–water partition coefficient (Wildman–Crippen LogP) is 4.03. The van der Waals surface area contributed by atoms with Crippen molar-refractivity contribution in [3.05, 3.63) is 51.4 Å². The summed E-state index contributed by atoms with van der Waals surface area (Å²) in [6.07, 6.45) is -3.99. The topological polar surface area (TPSA) is 72.8 Å². The zero-order valence-corrected chi connectivity index (χ0v) is 19.0. The first-order chi connectivity index (χ1) is 15.2. The van der Waals surface area contributed by atoms with Crippen molar-refractivity contribution in [3.8, 4) is 0 Å². The molecule has 5 nitrogen and oxygen atoms in total. The third-order valence-corrected chi connectivity index (χ3v) is 8.10. The number of hydrogen-bond acceptors (Lipinski definition) is 6. The van der Waals surface area contributed by atoms with Crippen LogP contribution >= 0.6 is 23.1 Å². The summed E-state index contributed by atoms with van der Waals surface area (Å²) in [6.45, 7) is 1.28. The Morgan fingerprint density at radius 2 is 2.16 bits per heavy atom. The number of nitrogens with one attached hydrogen (secondary N) is 1. The highest BCUT2D eigenvalue weighted by molar-refractivity contribution is 7.98. The SMILES string of the molecule is O=C(CN1CCCC(O)C1)Nc1sc2c(c1C(O)c1cccc(C(F)(F)F)c1)CCSC2. The first-order valence-corrected chi connectivity index (χ1v) is 12.5. The highest BCUT2D eigenvalue weighted by Gasteiger charge is 2.33. The molecule has 2 atom stereocenters. The zero-order valence-electron chi connectivity index (χ0n) is 17.3. The number of carbonyl (C=O) groups is 1. The fourth-order valence-corrected chi connectivity index (χ4v) is 6.66. The van der Waals surface area contributed by atoms with Crippen LogP contribution in [0, 0.1) is 0 Å². The second kappa shape index (κ2) is 9.72. The number of rotatable bonds is 5. The Kier molecular flexibility index (Phi) is 7.16. The summed E-state index contributed by atoms with van der Waals surface area (Å²) in [5.74, 6) is 1.34. The fourth-order valence-electron chi connectivity index (χ4n) is 4.23. The predicted molar refractivity (Wildman–Crippen MR) is 120 cm³/mol. The van der Waals surface area contributed by atoms with E-state index in [0.29, 0.717) is 23.5 Å². The zero-order chi connectivity index (χ0) is 22.9. The number of aliphatic hydroxyl groups excluding tert-OH is 2. The minimum atomic E-state index is -4.50. The molecule has 2 aliphatic rings. The van der Waals surface area contributed by atoms with E-state index in [1.807, 2.05) is 4.90 Å². The second-order valence-corrected chi connectivity index (χ2v) is 10.4. The second-order valence-electron chi connectivity index (χ2n) is 8.15. The van der Waals surface area contributed by atoms with Crippen LogP contribution in [0.25, 0.3) is 0 Å². The lowest BCUT2D eigenvalue weighted by molar-refractivity contribution is -0.137. The highest BCUT2D eigenvalue weighted by atomic mass is 32.2. The number of β-amino-alcohol motifs (C(OH)–C–C–N with tert-alkyl or cyclic N) is 1. The van der Waals surface area contributed by atoms with E-state index in [2.05, 4.69) is 5.32 Å². The van der Waals surface area contributed by atoms with Crippen LogP contribution in [0.1, 0.15) is 46.1 Å². The summed E-state index contributed by atoms with van der Waals surface area (Å²) < 4.78 is 39.6. The number of benzene rings is 1. The molecule has 1 fully saturated rings. The van der Waals surface area contributed by atoms with Crippen LogP contribution in [0.15, 0.2) is 24.3 Å². The minimum Gasteiger partial charge on any atom is -0.392 e. The molecule has 3 N–H and O–H groups in total. The van der Waals surface area contributed by atoms with E-state index in [4.69, 9.17) is 0 Å². The Balaban J connectivity index is 1.60. The number of hydrogen-bond donors (Lipinski definition) is 3. The number of piperidine rings is 1. The molecule has 10 heteroatoms. The summed E-state index contributed by atoms with van der Waals surface area (Å²) in [4.78, 5) is 15.7. The van der Waals surface area contributed by atoms with Crippen molar-refractivity contribution in [3.63, 3.8) is 0 Å². The number of aliphatic hydroxyl groups is 2. The van der Waals surface area contributed by atoms with Crippen molar-refractivity contribution in [1.82, 2.24) is 4.90 Å². The molecule has 0 spiro atoms. The van der Waals surface area contributed by atoms with E-state index in [-0.39, 0.29) is 18.0 Å². The van der Waals surface area contributed by atoms with Gasteiger partial charge in [0.2, 0.25) is 5.91 Å². The number of likely N-dealkylation sites (tertiary alicyclic amines) is 1. The molecular weight excluding hydrogens is 461 g/mol. The molecule has 2 aromatic rings. The smallest absolute Gasteiger partial charge is 0.392 e. The average Bonchev–Trinajstić information content (AvgIpc) is 3.10. The van der Waals surface area contributed by atoms with E-state index in [9.17, 15) is 28.2 Å². The molecule has 4 rings (SSSR count). The number of thiophene rings is 1. The summed E-state index contributed by atoms with van der Waals surface area (Å²) in [5, 5.41) is 24.3. The summed E-state index contributed by atoms with van der Waals surface area (Å²) in [7, 11) is 0. The number of carbonyl (C=O) groups excluding carboxylic acids is 1. The van der Waals surface area contributed by atoms with E-state index in [0.717, 1.165) is 53.5 Å². The van der Waals surface area contributed by atoms with E-state index in [1.54, 1.807) is 11.8 Å². The number of anilines is 1. The van der Waals surface area contributed by atoms with Gasteiger partial charge in [-0.1, -0.05) is 12.1 Å². The maximum Gasteiger partial charge on any atom is 0.416 e. The number of halogens is 3. The van der Waals surface area contributed by atoms with Gasteiger partial charge in [0, 0.05) is 22.7 Å². The molecule has 0 bridgehead atoms. The Morgan fingerprint density at radius 3 is 2.91 bits per heavy atom. The van der Waals surface area contributed by atoms with Crippen molar-refractivity contribution in [2.24, 2.45) is 0 Å². The quantitative estimate of drug-likeness (QED) is 0.595. The van der Waals surface area contributed by atoms with Crippen LogP contribution in [-0.2, 0) is 23.1 Å². The molecule has 3 heterocycles. The van der Waals surface area contributed by atoms with Gasteiger partial charge in [0.15, 0.2) is 0 Å².